The van der Waals surface area contributed by atoms with Crippen LogP contribution in [0.1, 0.15) is 65.2 Å². The van der Waals surface area contributed by atoms with Gasteiger partial charge in [0.25, 0.3) is 0 Å². The van der Waals surface area contributed by atoms with Crippen LogP contribution in [0.3, 0.4) is 0 Å². The first kappa shape index (κ1) is 14.3. The summed E-state index contributed by atoms with van der Waals surface area (Å²) in [6, 6.07) is 1.48. The summed E-state index contributed by atoms with van der Waals surface area (Å²) in [6.07, 6.45) is 11.2. The first-order chi connectivity index (χ1) is 8.76. The van der Waals surface area contributed by atoms with Crippen LogP contribution in [0.4, 0.5) is 0 Å². The van der Waals surface area contributed by atoms with E-state index in [0.717, 1.165) is 24.4 Å². The van der Waals surface area contributed by atoms with Crippen molar-refractivity contribution in [1.82, 2.24) is 4.90 Å². The fraction of sp³-hybridized carbons (Fsp3) is 1.00. The predicted molar refractivity (Wildman–Crippen MR) is 78.6 cm³/mol. The van der Waals surface area contributed by atoms with Crippen molar-refractivity contribution in [2.75, 3.05) is 13.1 Å². The number of hydrogen-bond donors (Lipinski definition) is 1. The molecule has 2 rings (SSSR count). The third kappa shape index (κ3) is 3.27. The highest BCUT2D eigenvalue weighted by Crippen LogP contribution is 2.34. The average molecular weight is 252 g/mol. The maximum Gasteiger partial charge on any atom is 0.0249 e. The van der Waals surface area contributed by atoms with E-state index >= 15 is 0 Å². The molecule has 2 nitrogen and oxygen atoms in total. The number of rotatable bonds is 4. The van der Waals surface area contributed by atoms with Gasteiger partial charge in [-0.3, -0.25) is 4.90 Å². The zero-order valence-corrected chi connectivity index (χ0v) is 12.4. The molecule has 2 heteroatoms. The van der Waals surface area contributed by atoms with Crippen LogP contribution in [0.25, 0.3) is 0 Å². The first-order valence-corrected chi connectivity index (χ1v) is 8.22. The van der Waals surface area contributed by atoms with Gasteiger partial charge in [-0.05, 0) is 50.5 Å². The normalized spacial score (nSPS) is 36.5. The van der Waals surface area contributed by atoms with Crippen LogP contribution in [0.15, 0.2) is 0 Å². The monoisotopic (exact) mass is 252 g/mol. The Kier molecular flexibility index (Phi) is 5.50. The number of likely N-dealkylation sites (tertiary alicyclic amines) is 1. The molecule has 106 valence electrons. The molecule has 2 unspecified atom stereocenters. The summed E-state index contributed by atoms with van der Waals surface area (Å²) in [5.41, 5.74) is 6.14. The molecule has 0 aromatic carbocycles. The second-order valence-corrected chi connectivity index (χ2v) is 6.62. The van der Waals surface area contributed by atoms with Crippen molar-refractivity contribution in [3.63, 3.8) is 0 Å². The molecule has 0 aromatic heterocycles. The lowest BCUT2D eigenvalue weighted by Gasteiger charge is -2.45. The maximum absolute atomic E-state index is 6.14. The van der Waals surface area contributed by atoms with Crippen molar-refractivity contribution in [3.8, 4) is 0 Å². The highest BCUT2D eigenvalue weighted by Gasteiger charge is 2.33. The molecule has 1 aliphatic carbocycles. The topological polar surface area (TPSA) is 29.3 Å². The molecule has 0 bridgehead atoms. The third-order valence-electron chi connectivity index (χ3n) is 5.42. The van der Waals surface area contributed by atoms with Crippen molar-refractivity contribution in [2.24, 2.45) is 17.6 Å². The Balaban J connectivity index is 1.97. The Morgan fingerprint density at radius 2 is 1.83 bits per heavy atom. The van der Waals surface area contributed by atoms with Crippen molar-refractivity contribution >= 4 is 0 Å². The van der Waals surface area contributed by atoms with Crippen LogP contribution in [0, 0.1) is 11.8 Å². The summed E-state index contributed by atoms with van der Waals surface area (Å²) in [6.45, 7) is 6.92. The Bertz CT molecular complexity index is 233. The van der Waals surface area contributed by atoms with Crippen molar-refractivity contribution < 1.29 is 0 Å². The molecular formula is C16H32N2. The van der Waals surface area contributed by atoms with E-state index < -0.39 is 0 Å². The third-order valence-corrected chi connectivity index (χ3v) is 5.42. The zero-order valence-electron chi connectivity index (χ0n) is 12.4. The molecule has 2 fully saturated rings. The summed E-state index contributed by atoms with van der Waals surface area (Å²) in [7, 11) is 0. The van der Waals surface area contributed by atoms with Crippen LogP contribution in [0.5, 0.6) is 0 Å². The quantitative estimate of drug-likeness (QED) is 0.831. The summed E-state index contributed by atoms with van der Waals surface area (Å²) < 4.78 is 0. The van der Waals surface area contributed by atoms with Gasteiger partial charge in [-0.2, -0.15) is 0 Å². The maximum atomic E-state index is 6.14. The Hall–Kier alpha value is -0.0800. The van der Waals surface area contributed by atoms with Crippen molar-refractivity contribution in [3.05, 3.63) is 0 Å². The summed E-state index contributed by atoms with van der Waals surface area (Å²) in [5.74, 6) is 1.82. The van der Waals surface area contributed by atoms with E-state index in [1.807, 2.05) is 0 Å². The lowest BCUT2D eigenvalue weighted by molar-refractivity contribution is 0.0464. The van der Waals surface area contributed by atoms with Gasteiger partial charge < -0.3 is 5.73 Å². The second kappa shape index (κ2) is 6.91. The first-order valence-electron chi connectivity index (χ1n) is 8.22. The minimum absolute atomic E-state index is 0.669. The number of piperidine rings is 1. The molecule has 0 spiro atoms. The second-order valence-electron chi connectivity index (χ2n) is 6.62. The standard InChI is InChI=1S/C16H32N2/c1-3-15-6-4-5-11-18(15)16(12-17)14-9-7-13(2)8-10-14/h13-16H,3-12,17H2,1-2H3. The molecule has 1 aliphatic heterocycles. The fourth-order valence-corrected chi connectivity index (χ4v) is 4.17. The van der Waals surface area contributed by atoms with Gasteiger partial charge in [-0.15, -0.1) is 0 Å². The van der Waals surface area contributed by atoms with Crippen LogP contribution >= 0.6 is 0 Å². The van der Waals surface area contributed by atoms with E-state index in [0.29, 0.717) is 6.04 Å². The number of hydrogen-bond acceptors (Lipinski definition) is 2. The van der Waals surface area contributed by atoms with Gasteiger partial charge in [-0.1, -0.05) is 33.1 Å². The van der Waals surface area contributed by atoms with Crippen molar-refractivity contribution in [2.45, 2.75) is 77.3 Å². The fourth-order valence-electron chi connectivity index (χ4n) is 4.17. The smallest absolute Gasteiger partial charge is 0.0249 e. The highest BCUT2D eigenvalue weighted by molar-refractivity contribution is 4.88. The Labute approximate surface area is 113 Å². The van der Waals surface area contributed by atoms with Gasteiger partial charge in [0.15, 0.2) is 0 Å². The molecule has 1 saturated carbocycles. The summed E-state index contributed by atoms with van der Waals surface area (Å²) in [4.78, 5) is 2.78. The largest absolute Gasteiger partial charge is 0.329 e. The van der Waals surface area contributed by atoms with Crippen LogP contribution in [-0.4, -0.2) is 30.1 Å². The van der Waals surface area contributed by atoms with E-state index in [-0.39, 0.29) is 0 Å². The van der Waals surface area contributed by atoms with Gasteiger partial charge >= 0.3 is 0 Å². The zero-order chi connectivity index (χ0) is 13.0. The molecule has 0 amide bonds. The minimum atomic E-state index is 0.669. The van der Waals surface area contributed by atoms with Gasteiger partial charge in [0.1, 0.15) is 0 Å². The molecule has 2 atom stereocenters. The molecule has 2 aliphatic rings. The van der Waals surface area contributed by atoms with Gasteiger partial charge in [0.2, 0.25) is 0 Å². The number of nitrogens with zero attached hydrogens (tertiary/aromatic N) is 1. The summed E-state index contributed by atoms with van der Waals surface area (Å²) >= 11 is 0. The van der Waals surface area contributed by atoms with Gasteiger partial charge in [-0.25, -0.2) is 0 Å². The van der Waals surface area contributed by atoms with E-state index in [1.165, 1.54) is 57.9 Å². The van der Waals surface area contributed by atoms with E-state index in [2.05, 4.69) is 18.7 Å². The SMILES string of the molecule is CCC1CCCCN1C(CN)C1CCC(C)CC1. The Morgan fingerprint density at radius 1 is 1.11 bits per heavy atom. The van der Waals surface area contributed by atoms with Crippen LogP contribution in [0.2, 0.25) is 0 Å². The van der Waals surface area contributed by atoms with E-state index in [1.54, 1.807) is 0 Å². The van der Waals surface area contributed by atoms with E-state index in [4.69, 9.17) is 5.73 Å². The molecule has 18 heavy (non-hydrogen) atoms. The summed E-state index contributed by atoms with van der Waals surface area (Å²) in [5, 5.41) is 0. The van der Waals surface area contributed by atoms with E-state index in [9.17, 15) is 0 Å². The van der Waals surface area contributed by atoms with Gasteiger partial charge in [0.05, 0.1) is 0 Å². The lowest BCUT2D eigenvalue weighted by atomic mass is 9.78. The molecule has 1 heterocycles. The Morgan fingerprint density at radius 3 is 2.44 bits per heavy atom. The molecule has 2 N–H and O–H groups in total. The highest BCUT2D eigenvalue weighted by atomic mass is 15.2. The molecule has 0 radical (unpaired) electrons. The van der Waals surface area contributed by atoms with Crippen LogP contribution < -0.4 is 5.73 Å². The predicted octanol–water partition coefficient (Wildman–Crippen LogP) is 3.40. The molecular weight excluding hydrogens is 220 g/mol. The van der Waals surface area contributed by atoms with Crippen molar-refractivity contribution in [1.29, 1.82) is 0 Å². The average Bonchev–Trinajstić information content (AvgIpc) is 2.42. The molecule has 0 aromatic rings. The minimum Gasteiger partial charge on any atom is -0.329 e. The van der Waals surface area contributed by atoms with Crippen LogP contribution in [-0.2, 0) is 0 Å². The molecule has 1 saturated heterocycles. The lowest BCUT2D eigenvalue weighted by Crippen LogP contribution is -2.53. The van der Waals surface area contributed by atoms with Gasteiger partial charge in [0, 0.05) is 18.6 Å². The number of nitrogens with two attached hydrogens (primary N) is 1.